The monoisotopic (exact) mass is 560 g/mol. The van der Waals surface area contributed by atoms with Crippen molar-refractivity contribution >= 4 is 76.1 Å². The Kier molecular flexibility index (Phi) is 5.67. The summed E-state index contributed by atoms with van der Waals surface area (Å²) in [5, 5.41) is 9.83. The van der Waals surface area contributed by atoms with Gasteiger partial charge < -0.3 is 4.57 Å². The van der Waals surface area contributed by atoms with Crippen LogP contribution in [0.1, 0.15) is 0 Å². The second kappa shape index (κ2) is 9.56. The van der Waals surface area contributed by atoms with Crippen LogP contribution >= 0.6 is 18.5 Å². The third kappa shape index (κ3) is 3.87. The maximum atomic E-state index is 15.3. The lowest BCUT2D eigenvalue weighted by Crippen LogP contribution is -2.25. The van der Waals surface area contributed by atoms with E-state index in [9.17, 15) is 0 Å². The van der Waals surface area contributed by atoms with Crippen LogP contribution in [0.3, 0.4) is 0 Å². The summed E-state index contributed by atoms with van der Waals surface area (Å²) in [6.07, 6.45) is 0. The zero-order chi connectivity index (χ0) is 27.4. The van der Waals surface area contributed by atoms with Crippen LogP contribution < -0.4 is 15.9 Å². The molecule has 0 aliphatic carbocycles. The maximum Gasteiger partial charge on any atom is 0.171 e. The molecule has 0 saturated carbocycles. The summed E-state index contributed by atoms with van der Waals surface area (Å²) in [5.74, 6) is 0. The summed E-state index contributed by atoms with van der Waals surface area (Å²) in [6, 6.07) is 52.6. The third-order valence-corrected chi connectivity index (χ3v) is 12.4. The topological polar surface area (TPSA) is 17.1 Å². The predicted octanol–water partition coefficient (Wildman–Crippen LogP) is 9.67. The van der Waals surface area contributed by atoms with E-state index >= 15 is 4.57 Å². The molecular weight excluding hydrogens is 535 g/mol. The molecule has 1 heterocycles. The molecule has 0 saturated heterocycles. The van der Waals surface area contributed by atoms with Crippen molar-refractivity contribution in [2.45, 2.75) is 0 Å². The van der Waals surface area contributed by atoms with Gasteiger partial charge in [-0.3, -0.25) is 0 Å². The van der Waals surface area contributed by atoms with Crippen molar-refractivity contribution in [2.24, 2.45) is 0 Å². The van der Waals surface area contributed by atoms with Gasteiger partial charge in [0.2, 0.25) is 0 Å². The second-order valence-electron chi connectivity index (χ2n) is 10.5. The highest BCUT2D eigenvalue weighted by Gasteiger charge is 2.31. The van der Waals surface area contributed by atoms with Crippen LogP contribution in [0.4, 0.5) is 0 Å². The van der Waals surface area contributed by atoms with E-state index in [0.29, 0.717) is 0 Å². The quantitative estimate of drug-likeness (QED) is 0.196. The van der Waals surface area contributed by atoms with Gasteiger partial charge in [-0.05, 0) is 63.0 Å². The molecule has 0 N–H and O–H groups in total. The molecule has 0 bridgehead atoms. The summed E-state index contributed by atoms with van der Waals surface area (Å²) < 4.78 is 17.9. The Labute approximate surface area is 242 Å². The Bertz CT molecular complexity index is 2240. The lowest BCUT2D eigenvalue weighted by atomic mass is 9.96. The van der Waals surface area contributed by atoms with Gasteiger partial charge in [0, 0.05) is 36.1 Å². The Morgan fingerprint density at radius 2 is 1.02 bits per heavy atom. The van der Waals surface area contributed by atoms with Gasteiger partial charge in [0.05, 0.1) is 0 Å². The van der Waals surface area contributed by atoms with Gasteiger partial charge in [-0.1, -0.05) is 121 Å². The van der Waals surface area contributed by atoms with Gasteiger partial charge in [0.1, 0.15) is 0 Å². The lowest BCUT2D eigenvalue weighted by Gasteiger charge is -2.22. The van der Waals surface area contributed by atoms with E-state index < -0.39 is 7.14 Å². The minimum Gasteiger partial charge on any atom is -0.309 e. The normalized spacial score (nSPS) is 12.0. The van der Waals surface area contributed by atoms with Crippen LogP contribution in [-0.4, -0.2) is 0 Å². The van der Waals surface area contributed by atoms with Gasteiger partial charge in [-0.15, -0.1) is 11.3 Å². The molecule has 0 aliphatic rings. The molecule has 41 heavy (non-hydrogen) atoms. The standard InChI is InChI=1S/C38H25OPS/c39-40(29-13-3-1-4-14-29,30-15-5-2-6-16-30)36-21-20-31(32-17-9-10-18-33(32)36)28-19-22-37-34(24-28)35-23-26-11-7-8-12-27(26)25-38(35)41-37/h1-25H. The van der Waals surface area contributed by atoms with Gasteiger partial charge in [0.15, 0.2) is 7.14 Å². The first-order valence-corrected chi connectivity index (χ1v) is 16.3. The highest BCUT2D eigenvalue weighted by atomic mass is 32.1. The largest absolute Gasteiger partial charge is 0.309 e. The van der Waals surface area contributed by atoms with Crippen molar-refractivity contribution in [2.75, 3.05) is 0 Å². The van der Waals surface area contributed by atoms with E-state index in [0.717, 1.165) is 32.2 Å². The fourth-order valence-electron chi connectivity index (χ4n) is 6.14. The van der Waals surface area contributed by atoms with Crippen LogP contribution in [0.25, 0.3) is 52.8 Å². The number of thiophene rings is 1. The first kappa shape index (κ1) is 24.3. The summed E-state index contributed by atoms with van der Waals surface area (Å²) in [7, 11) is -3.12. The molecule has 8 aromatic rings. The minimum atomic E-state index is -3.12. The second-order valence-corrected chi connectivity index (χ2v) is 14.3. The van der Waals surface area contributed by atoms with Crippen LogP contribution in [-0.2, 0) is 4.57 Å². The van der Waals surface area contributed by atoms with Crippen molar-refractivity contribution < 1.29 is 4.57 Å². The van der Waals surface area contributed by atoms with Crippen molar-refractivity contribution in [1.82, 2.24) is 0 Å². The Balaban J connectivity index is 1.36. The summed E-state index contributed by atoms with van der Waals surface area (Å²) in [5.41, 5.74) is 2.32. The SMILES string of the molecule is O=P(c1ccccc1)(c1ccccc1)c1ccc(-c2ccc3sc4cc5ccccc5cc4c3c2)c2ccccc12. The number of hydrogen-bond donors (Lipinski definition) is 0. The fourth-order valence-corrected chi connectivity index (χ4v) is 10.1. The Morgan fingerprint density at radius 3 is 1.73 bits per heavy atom. The first-order chi connectivity index (χ1) is 20.2. The van der Waals surface area contributed by atoms with E-state index in [-0.39, 0.29) is 0 Å². The van der Waals surface area contributed by atoms with Gasteiger partial charge in [-0.25, -0.2) is 0 Å². The van der Waals surface area contributed by atoms with Gasteiger partial charge in [0.25, 0.3) is 0 Å². The molecule has 8 rings (SSSR count). The molecule has 0 aliphatic heterocycles. The van der Waals surface area contributed by atoms with Crippen molar-refractivity contribution in [3.8, 4) is 11.1 Å². The molecule has 7 aromatic carbocycles. The maximum absolute atomic E-state index is 15.3. The molecule has 0 spiro atoms. The van der Waals surface area contributed by atoms with Crippen LogP contribution in [0.2, 0.25) is 0 Å². The van der Waals surface area contributed by atoms with Crippen molar-refractivity contribution in [3.05, 3.63) is 152 Å². The summed E-state index contributed by atoms with van der Waals surface area (Å²) in [4.78, 5) is 0. The lowest BCUT2D eigenvalue weighted by molar-refractivity contribution is 0.592. The molecule has 3 heteroatoms. The fraction of sp³-hybridized carbons (Fsp3) is 0. The number of hydrogen-bond acceptors (Lipinski definition) is 2. The van der Waals surface area contributed by atoms with E-state index in [1.165, 1.54) is 36.5 Å². The average molecular weight is 561 g/mol. The van der Waals surface area contributed by atoms with E-state index in [4.69, 9.17) is 0 Å². The van der Waals surface area contributed by atoms with Gasteiger partial charge in [-0.2, -0.15) is 0 Å². The number of rotatable bonds is 4. The van der Waals surface area contributed by atoms with Crippen molar-refractivity contribution in [1.29, 1.82) is 0 Å². The molecular formula is C38H25OPS. The minimum absolute atomic E-state index is 0.850. The molecule has 0 amide bonds. The molecule has 0 atom stereocenters. The summed E-state index contributed by atoms with van der Waals surface area (Å²) in [6.45, 7) is 0. The molecule has 0 fully saturated rings. The molecule has 1 nitrogen and oxygen atoms in total. The molecule has 0 unspecified atom stereocenters. The molecule has 0 radical (unpaired) electrons. The third-order valence-electron chi connectivity index (χ3n) is 8.13. The van der Waals surface area contributed by atoms with E-state index in [1.54, 1.807) is 0 Å². The average Bonchev–Trinajstić information content (AvgIpc) is 3.40. The Morgan fingerprint density at radius 1 is 0.439 bits per heavy atom. The van der Waals surface area contributed by atoms with Crippen LogP contribution in [0, 0.1) is 0 Å². The molecule has 1 aromatic heterocycles. The summed E-state index contributed by atoms with van der Waals surface area (Å²) >= 11 is 1.85. The zero-order valence-corrected chi connectivity index (χ0v) is 23.9. The van der Waals surface area contributed by atoms with Crippen molar-refractivity contribution in [3.63, 3.8) is 0 Å². The highest BCUT2D eigenvalue weighted by Crippen LogP contribution is 2.46. The van der Waals surface area contributed by atoms with Gasteiger partial charge >= 0.3 is 0 Å². The predicted molar refractivity (Wildman–Crippen MR) is 179 cm³/mol. The number of benzene rings is 7. The first-order valence-electron chi connectivity index (χ1n) is 13.8. The zero-order valence-electron chi connectivity index (χ0n) is 22.2. The molecule has 194 valence electrons. The van der Waals surface area contributed by atoms with Crippen LogP contribution in [0.5, 0.6) is 0 Å². The van der Waals surface area contributed by atoms with E-state index in [2.05, 4.69) is 91.0 Å². The van der Waals surface area contributed by atoms with Crippen LogP contribution in [0.15, 0.2) is 152 Å². The highest BCUT2D eigenvalue weighted by molar-refractivity contribution is 7.85. The smallest absolute Gasteiger partial charge is 0.171 e. The van der Waals surface area contributed by atoms with E-state index in [1.807, 2.05) is 72.0 Å². The number of fused-ring (bicyclic) bond motifs is 5. The Hall–Kier alpha value is -4.49.